The van der Waals surface area contributed by atoms with E-state index in [0.29, 0.717) is 40.9 Å². The number of nitrogens with one attached hydrogen (secondary N) is 1. The van der Waals surface area contributed by atoms with E-state index in [-0.39, 0.29) is 24.3 Å². The minimum Gasteiger partial charge on any atom is -0.496 e. The second-order valence-electron chi connectivity index (χ2n) is 7.38. The highest BCUT2D eigenvalue weighted by molar-refractivity contribution is 7.99. The molecule has 4 rings (SSSR count). The van der Waals surface area contributed by atoms with Crippen molar-refractivity contribution in [3.05, 3.63) is 47.0 Å². The van der Waals surface area contributed by atoms with Gasteiger partial charge in [-0.15, -0.1) is 0 Å². The predicted molar refractivity (Wildman–Crippen MR) is 122 cm³/mol. The van der Waals surface area contributed by atoms with E-state index < -0.39 is 6.04 Å². The summed E-state index contributed by atoms with van der Waals surface area (Å²) >= 11 is 7.61. The molecule has 0 saturated carbocycles. The van der Waals surface area contributed by atoms with Gasteiger partial charge in [0.25, 0.3) is 5.91 Å². The molecule has 0 spiro atoms. The fraction of sp³-hybridized carbons (Fsp3) is 0.318. The quantitative estimate of drug-likeness (QED) is 0.760. The molecule has 2 aromatic rings. The standard InChI is InChI=1S/C22H22ClN3O4S/c1-30-19-6-4-14(23)10-15(19)13-3-5-17-16(9-13)22(29)26-8-7-25(20(27)12-31-2)11-18(26)21(28)24-17/h3-6,9-10,18H,7-8,11-12H2,1-2H3,(H,24,28)/t18-/m1/s1. The van der Waals surface area contributed by atoms with Crippen LogP contribution in [-0.4, -0.2) is 72.3 Å². The van der Waals surface area contributed by atoms with Gasteiger partial charge in [0, 0.05) is 23.7 Å². The van der Waals surface area contributed by atoms with Crippen LogP contribution in [0.25, 0.3) is 11.1 Å². The van der Waals surface area contributed by atoms with Crippen LogP contribution in [0.4, 0.5) is 5.69 Å². The number of rotatable bonds is 4. The number of hydrogen-bond acceptors (Lipinski definition) is 5. The predicted octanol–water partition coefficient (Wildman–Crippen LogP) is 2.98. The van der Waals surface area contributed by atoms with Crippen molar-refractivity contribution in [2.75, 3.05) is 44.1 Å². The van der Waals surface area contributed by atoms with Crippen molar-refractivity contribution in [1.82, 2.24) is 9.80 Å². The van der Waals surface area contributed by atoms with Crippen LogP contribution >= 0.6 is 23.4 Å². The number of benzene rings is 2. The number of thioether (sulfide) groups is 1. The second kappa shape index (κ2) is 8.80. The summed E-state index contributed by atoms with van der Waals surface area (Å²) in [6.45, 7) is 0.910. The molecule has 162 valence electrons. The SMILES string of the molecule is COc1ccc(Cl)cc1-c1ccc2c(c1)C(=O)N1CCN(C(=O)CSC)C[C@@H]1C(=O)N2. The maximum atomic E-state index is 13.4. The van der Waals surface area contributed by atoms with Crippen molar-refractivity contribution >= 4 is 46.8 Å². The summed E-state index contributed by atoms with van der Waals surface area (Å²) in [4.78, 5) is 41.8. The molecule has 7 nitrogen and oxygen atoms in total. The van der Waals surface area contributed by atoms with Crippen LogP contribution in [0, 0.1) is 0 Å². The number of nitrogens with zero attached hydrogens (tertiary/aromatic N) is 2. The van der Waals surface area contributed by atoms with Gasteiger partial charge in [0.1, 0.15) is 11.8 Å². The van der Waals surface area contributed by atoms with Crippen molar-refractivity contribution in [3.8, 4) is 16.9 Å². The highest BCUT2D eigenvalue weighted by Crippen LogP contribution is 2.36. The molecular weight excluding hydrogens is 438 g/mol. The van der Waals surface area contributed by atoms with Crippen LogP contribution in [0.5, 0.6) is 5.75 Å². The molecule has 0 bridgehead atoms. The van der Waals surface area contributed by atoms with E-state index in [1.807, 2.05) is 12.3 Å². The van der Waals surface area contributed by atoms with Gasteiger partial charge in [0.15, 0.2) is 0 Å². The Labute approximate surface area is 189 Å². The Bertz CT molecular complexity index is 1060. The smallest absolute Gasteiger partial charge is 0.256 e. The number of methoxy groups -OCH3 is 1. The van der Waals surface area contributed by atoms with Gasteiger partial charge in [0.2, 0.25) is 11.8 Å². The van der Waals surface area contributed by atoms with Crippen LogP contribution < -0.4 is 10.1 Å². The first-order valence-electron chi connectivity index (χ1n) is 9.79. The molecule has 1 saturated heterocycles. The van der Waals surface area contributed by atoms with E-state index in [0.717, 1.165) is 11.1 Å². The van der Waals surface area contributed by atoms with Crippen molar-refractivity contribution in [1.29, 1.82) is 0 Å². The third kappa shape index (κ3) is 4.09. The van der Waals surface area contributed by atoms with Crippen LogP contribution in [0.15, 0.2) is 36.4 Å². The molecule has 1 N–H and O–H groups in total. The van der Waals surface area contributed by atoms with Gasteiger partial charge in [0.05, 0.1) is 30.7 Å². The van der Waals surface area contributed by atoms with E-state index in [9.17, 15) is 14.4 Å². The molecule has 0 unspecified atom stereocenters. The summed E-state index contributed by atoms with van der Waals surface area (Å²) < 4.78 is 5.44. The van der Waals surface area contributed by atoms with Gasteiger partial charge in [-0.1, -0.05) is 17.7 Å². The Morgan fingerprint density at radius 2 is 2.00 bits per heavy atom. The lowest BCUT2D eigenvalue weighted by molar-refractivity contribution is -0.133. The Balaban J connectivity index is 1.68. The van der Waals surface area contributed by atoms with E-state index in [2.05, 4.69) is 5.32 Å². The molecule has 0 radical (unpaired) electrons. The lowest BCUT2D eigenvalue weighted by Crippen LogP contribution is -2.59. The molecule has 3 amide bonds. The van der Waals surface area contributed by atoms with Crippen LogP contribution in [-0.2, 0) is 9.59 Å². The lowest BCUT2D eigenvalue weighted by Gasteiger charge is -2.39. The number of amides is 3. The van der Waals surface area contributed by atoms with E-state index in [1.165, 1.54) is 11.8 Å². The highest BCUT2D eigenvalue weighted by atomic mass is 35.5. The minimum atomic E-state index is -0.719. The number of ether oxygens (including phenoxy) is 1. The number of hydrogen-bond donors (Lipinski definition) is 1. The third-order valence-corrected chi connectivity index (χ3v) is 6.32. The molecule has 2 aliphatic rings. The molecule has 2 heterocycles. The number of carbonyl (C=O) groups excluding carboxylic acids is 3. The normalized spacial score (nSPS) is 18.1. The Hall–Kier alpha value is -2.71. The maximum absolute atomic E-state index is 13.4. The van der Waals surface area contributed by atoms with Crippen molar-refractivity contribution in [2.24, 2.45) is 0 Å². The number of fused-ring (bicyclic) bond motifs is 2. The maximum Gasteiger partial charge on any atom is 0.256 e. The summed E-state index contributed by atoms with van der Waals surface area (Å²) in [5.41, 5.74) is 2.37. The molecule has 0 aromatic heterocycles. The summed E-state index contributed by atoms with van der Waals surface area (Å²) in [6.07, 6.45) is 1.86. The number of anilines is 1. The average Bonchev–Trinajstić information content (AvgIpc) is 2.88. The first kappa shape index (κ1) is 21.5. The van der Waals surface area contributed by atoms with Gasteiger partial charge < -0.3 is 19.9 Å². The van der Waals surface area contributed by atoms with Crippen molar-refractivity contribution < 1.29 is 19.1 Å². The summed E-state index contributed by atoms with van der Waals surface area (Å²) in [6, 6.07) is 9.86. The van der Waals surface area contributed by atoms with Crippen LogP contribution in [0.3, 0.4) is 0 Å². The highest BCUT2D eigenvalue weighted by Gasteiger charge is 2.40. The molecule has 1 atom stereocenters. The van der Waals surface area contributed by atoms with E-state index >= 15 is 0 Å². The van der Waals surface area contributed by atoms with Gasteiger partial charge >= 0.3 is 0 Å². The van der Waals surface area contributed by atoms with Gasteiger partial charge in [-0.25, -0.2) is 0 Å². The second-order valence-corrected chi connectivity index (χ2v) is 8.68. The number of carbonyl (C=O) groups is 3. The monoisotopic (exact) mass is 459 g/mol. The van der Waals surface area contributed by atoms with E-state index in [1.54, 1.807) is 47.2 Å². The first-order valence-corrected chi connectivity index (χ1v) is 11.6. The first-order chi connectivity index (χ1) is 14.9. The van der Waals surface area contributed by atoms with E-state index in [4.69, 9.17) is 16.3 Å². The lowest BCUT2D eigenvalue weighted by atomic mass is 10.00. The fourth-order valence-corrected chi connectivity index (χ4v) is 4.57. The molecular formula is C22H22ClN3O4S. The Morgan fingerprint density at radius 1 is 1.19 bits per heavy atom. The largest absolute Gasteiger partial charge is 0.496 e. The summed E-state index contributed by atoms with van der Waals surface area (Å²) in [5.74, 6) is 0.436. The third-order valence-electron chi connectivity index (χ3n) is 5.54. The minimum absolute atomic E-state index is 0.0236. The van der Waals surface area contributed by atoms with Crippen molar-refractivity contribution in [2.45, 2.75) is 6.04 Å². The topological polar surface area (TPSA) is 79.0 Å². The van der Waals surface area contributed by atoms with Gasteiger partial charge in [-0.05, 0) is 42.2 Å². The average molecular weight is 460 g/mol. The van der Waals surface area contributed by atoms with Crippen LogP contribution in [0.1, 0.15) is 10.4 Å². The Morgan fingerprint density at radius 3 is 2.74 bits per heavy atom. The van der Waals surface area contributed by atoms with Gasteiger partial charge in [-0.3, -0.25) is 14.4 Å². The van der Waals surface area contributed by atoms with Gasteiger partial charge in [-0.2, -0.15) is 11.8 Å². The number of piperazine rings is 1. The molecule has 31 heavy (non-hydrogen) atoms. The summed E-state index contributed by atoms with van der Waals surface area (Å²) in [5, 5.41) is 3.41. The fourth-order valence-electron chi connectivity index (χ4n) is 3.97. The Kier molecular flexibility index (Phi) is 6.11. The molecule has 2 aliphatic heterocycles. The molecule has 0 aliphatic carbocycles. The molecule has 9 heteroatoms. The van der Waals surface area contributed by atoms with Crippen molar-refractivity contribution in [3.63, 3.8) is 0 Å². The zero-order valence-corrected chi connectivity index (χ0v) is 18.8. The van der Waals surface area contributed by atoms with Crippen LogP contribution in [0.2, 0.25) is 5.02 Å². The molecule has 1 fully saturated rings. The zero-order chi connectivity index (χ0) is 22.1. The number of halogens is 1. The summed E-state index contributed by atoms with van der Waals surface area (Å²) in [7, 11) is 1.57. The zero-order valence-electron chi connectivity index (χ0n) is 17.2. The molecule has 2 aromatic carbocycles.